The number of phosphoric ester groups is 1. The van der Waals surface area contributed by atoms with E-state index in [0.717, 1.165) is 89.9 Å². The van der Waals surface area contributed by atoms with Crippen LogP contribution in [-0.2, 0) is 32.7 Å². The lowest BCUT2D eigenvalue weighted by molar-refractivity contribution is -0.870. The molecular formula is C58H105NO8P+. The van der Waals surface area contributed by atoms with Crippen LogP contribution in [0.15, 0.2) is 72.9 Å². The molecular weight excluding hydrogens is 870 g/mol. The van der Waals surface area contributed by atoms with Gasteiger partial charge in [-0.15, -0.1) is 0 Å². The van der Waals surface area contributed by atoms with Crippen LogP contribution in [0.4, 0.5) is 0 Å². The Morgan fingerprint density at radius 2 is 0.838 bits per heavy atom. The summed E-state index contributed by atoms with van der Waals surface area (Å²) < 4.78 is 34.4. The fourth-order valence-electron chi connectivity index (χ4n) is 7.43. The average Bonchev–Trinajstić information content (AvgIpc) is 3.30. The van der Waals surface area contributed by atoms with Crippen molar-refractivity contribution in [3.63, 3.8) is 0 Å². The molecule has 2 unspecified atom stereocenters. The minimum atomic E-state index is -4.38. The molecule has 1 N–H and O–H groups in total. The lowest BCUT2D eigenvalue weighted by Gasteiger charge is -2.24. The summed E-state index contributed by atoms with van der Waals surface area (Å²) in [5.74, 6) is -0.807. The zero-order valence-corrected chi connectivity index (χ0v) is 45.5. The van der Waals surface area contributed by atoms with Gasteiger partial charge in [-0.05, 0) is 77.0 Å². The molecule has 0 aliphatic heterocycles. The Morgan fingerprint density at radius 1 is 0.471 bits per heavy atom. The quantitative estimate of drug-likeness (QED) is 0.0211. The predicted molar refractivity (Wildman–Crippen MR) is 289 cm³/mol. The van der Waals surface area contributed by atoms with Crippen molar-refractivity contribution in [3.8, 4) is 0 Å². The first-order valence-electron chi connectivity index (χ1n) is 27.7. The van der Waals surface area contributed by atoms with Gasteiger partial charge in [0.05, 0.1) is 27.7 Å². The van der Waals surface area contributed by atoms with Crippen LogP contribution in [0.1, 0.15) is 232 Å². The van der Waals surface area contributed by atoms with Crippen LogP contribution in [0.3, 0.4) is 0 Å². The van der Waals surface area contributed by atoms with E-state index in [-0.39, 0.29) is 32.0 Å². The number of allylic oxidation sites excluding steroid dienone is 12. The molecule has 9 nitrogen and oxygen atoms in total. The van der Waals surface area contributed by atoms with Gasteiger partial charge in [0.25, 0.3) is 0 Å². The molecule has 0 rings (SSSR count). The van der Waals surface area contributed by atoms with E-state index in [1.54, 1.807) is 0 Å². The maximum Gasteiger partial charge on any atom is 0.472 e. The number of carbonyl (C=O) groups excluding carboxylic acids is 2. The second kappa shape index (κ2) is 49.4. The second-order valence-electron chi connectivity index (χ2n) is 19.6. The number of hydrogen-bond donors (Lipinski definition) is 1. The average molecular weight is 975 g/mol. The van der Waals surface area contributed by atoms with Gasteiger partial charge < -0.3 is 18.9 Å². The number of rotatable bonds is 50. The molecule has 0 radical (unpaired) electrons. The van der Waals surface area contributed by atoms with Crippen molar-refractivity contribution >= 4 is 19.8 Å². The third-order valence-corrected chi connectivity index (χ3v) is 12.7. The molecule has 394 valence electrons. The Bertz CT molecular complexity index is 1380. The third-order valence-electron chi connectivity index (χ3n) is 11.7. The number of nitrogens with zero attached hydrogens (tertiary/aromatic N) is 1. The third kappa shape index (κ3) is 52.8. The van der Waals surface area contributed by atoms with Gasteiger partial charge in [0.1, 0.15) is 19.8 Å². The summed E-state index contributed by atoms with van der Waals surface area (Å²) in [6.45, 7) is 4.27. The molecule has 0 saturated carbocycles. The molecule has 0 aliphatic carbocycles. The first-order chi connectivity index (χ1) is 33.0. The van der Waals surface area contributed by atoms with Crippen molar-refractivity contribution in [2.24, 2.45) is 0 Å². The van der Waals surface area contributed by atoms with E-state index in [2.05, 4.69) is 86.8 Å². The van der Waals surface area contributed by atoms with Crippen LogP contribution in [-0.4, -0.2) is 74.9 Å². The van der Waals surface area contributed by atoms with Crippen molar-refractivity contribution in [2.45, 2.75) is 238 Å². The van der Waals surface area contributed by atoms with Crippen LogP contribution < -0.4 is 0 Å². The molecule has 0 heterocycles. The maximum absolute atomic E-state index is 12.8. The molecule has 0 saturated heterocycles. The van der Waals surface area contributed by atoms with E-state index in [9.17, 15) is 19.0 Å². The molecule has 0 aromatic carbocycles. The number of likely N-dealkylation sites (N-methyl/N-ethyl adjacent to an activating group) is 1. The van der Waals surface area contributed by atoms with E-state index < -0.39 is 26.5 Å². The Kier molecular flexibility index (Phi) is 47.6. The van der Waals surface area contributed by atoms with Gasteiger partial charge in [0.2, 0.25) is 0 Å². The fourth-order valence-corrected chi connectivity index (χ4v) is 8.18. The highest BCUT2D eigenvalue weighted by Gasteiger charge is 2.27. The van der Waals surface area contributed by atoms with Gasteiger partial charge in [0, 0.05) is 12.8 Å². The molecule has 10 heteroatoms. The highest BCUT2D eigenvalue weighted by molar-refractivity contribution is 7.47. The van der Waals surface area contributed by atoms with E-state index in [0.29, 0.717) is 17.4 Å². The van der Waals surface area contributed by atoms with Gasteiger partial charge in [0.15, 0.2) is 6.10 Å². The fraction of sp³-hybridized carbons (Fsp3) is 0.759. The van der Waals surface area contributed by atoms with Gasteiger partial charge >= 0.3 is 19.8 Å². The molecule has 0 aliphatic rings. The van der Waals surface area contributed by atoms with Gasteiger partial charge in [-0.2, -0.15) is 0 Å². The Morgan fingerprint density at radius 3 is 1.26 bits per heavy atom. The van der Waals surface area contributed by atoms with Crippen LogP contribution >= 0.6 is 7.82 Å². The molecule has 0 bridgehead atoms. The highest BCUT2D eigenvalue weighted by atomic mass is 31.2. The van der Waals surface area contributed by atoms with Crippen LogP contribution in [0.25, 0.3) is 0 Å². The van der Waals surface area contributed by atoms with Crippen LogP contribution in [0.2, 0.25) is 0 Å². The maximum atomic E-state index is 12.8. The van der Waals surface area contributed by atoms with Gasteiger partial charge in [-0.1, -0.05) is 215 Å². The number of esters is 2. The van der Waals surface area contributed by atoms with Crippen molar-refractivity contribution in [2.75, 3.05) is 47.5 Å². The zero-order chi connectivity index (χ0) is 49.9. The van der Waals surface area contributed by atoms with E-state index >= 15 is 0 Å². The lowest BCUT2D eigenvalue weighted by Crippen LogP contribution is -2.37. The Balaban J connectivity index is 4.01. The van der Waals surface area contributed by atoms with Crippen LogP contribution in [0, 0.1) is 0 Å². The number of hydrogen-bond acceptors (Lipinski definition) is 7. The van der Waals surface area contributed by atoms with E-state index in [1.807, 2.05) is 21.1 Å². The lowest BCUT2D eigenvalue weighted by atomic mass is 10.0. The van der Waals surface area contributed by atoms with Gasteiger partial charge in [-0.3, -0.25) is 18.6 Å². The summed E-state index contributed by atoms with van der Waals surface area (Å²) in [6, 6.07) is 0. The molecule has 0 aromatic heterocycles. The summed E-state index contributed by atoms with van der Waals surface area (Å²) in [4.78, 5) is 35.5. The number of ether oxygens (including phenoxy) is 2. The monoisotopic (exact) mass is 975 g/mol. The summed E-state index contributed by atoms with van der Waals surface area (Å²) in [6.07, 6.45) is 64.1. The van der Waals surface area contributed by atoms with Crippen LogP contribution in [0.5, 0.6) is 0 Å². The molecule has 0 aromatic rings. The smallest absolute Gasteiger partial charge is 0.462 e. The standard InChI is InChI=1S/C58H104NO8P/c1-6-8-10-12-14-16-18-19-20-21-22-23-24-25-26-27-28-29-30-31-32-33-34-35-36-37-38-39-41-43-45-47-49-51-58(61)67-56(55-66-68(62,63)65-53-52-59(3,4)5)54-64-57(60)50-48-46-44-42-40-17-15-13-11-9-7-2/h8,10,13-16,19-20,22-23,25-26,56H,6-7,9,11-12,17-18,21,24,27-55H2,1-5H3/p+1/b10-8-,15-13-,16-14-,20-19-,23-22-,26-25-. The summed E-state index contributed by atoms with van der Waals surface area (Å²) in [7, 11) is 1.47. The molecule has 0 spiro atoms. The largest absolute Gasteiger partial charge is 0.472 e. The molecule has 68 heavy (non-hydrogen) atoms. The Labute approximate surface area is 418 Å². The number of phosphoric acid groups is 1. The molecule has 2 atom stereocenters. The topological polar surface area (TPSA) is 108 Å². The minimum Gasteiger partial charge on any atom is -0.462 e. The second-order valence-corrected chi connectivity index (χ2v) is 21.0. The Hall–Kier alpha value is -2.55. The van der Waals surface area contributed by atoms with E-state index in [1.165, 1.54) is 109 Å². The first kappa shape index (κ1) is 65.5. The SMILES string of the molecule is CC/C=C\C/C=C\C/C=C\C/C=C\C/C=C\CCCCCCCCCCCCCCCCCCCC(=O)OC(COC(=O)CCCCCCC/C=C\CCCC)COP(=O)(O)OCC[N+](C)(C)C. The van der Waals surface area contributed by atoms with Gasteiger partial charge in [-0.25, -0.2) is 4.57 Å². The summed E-state index contributed by atoms with van der Waals surface area (Å²) in [5, 5.41) is 0. The first-order valence-corrected chi connectivity index (χ1v) is 29.2. The van der Waals surface area contributed by atoms with Crippen molar-refractivity contribution in [1.82, 2.24) is 0 Å². The molecule has 0 amide bonds. The van der Waals surface area contributed by atoms with Crippen molar-refractivity contribution in [1.29, 1.82) is 0 Å². The van der Waals surface area contributed by atoms with E-state index in [4.69, 9.17) is 18.5 Å². The van der Waals surface area contributed by atoms with Crippen molar-refractivity contribution in [3.05, 3.63) is 72.9 Å². The summed E-state index contributed by atoms with van der Waals surface area (Å²) in [5.41, 5.74) is 0. The normalized spacial score (nSPS) is 13.9. The van der Waals surface area contributed by atoms with Crippen molar-refractivity contribution < 1.29 is 42.1 Å². The number of carbonyl (C=O) groups is 2. The zero-order valence-electron chi connectivity index (χ0n) is 44.6. The summed E-state index contributed by atoms with van der Waals surface area (Å²) >= 11 is 0. The minimum absolute atomic E-state index is 0.0294. The predicted octanol–water partition coefficient (Wildman–Crippen LogP) is 16.9. The number of quaternary nitrogens is 1. The molecule has 0 fully saturated rings. The highest BCUT2D eigenvalue weighted by Crippen LogP contribution is 2.43. The number of unbranched alkanes of at least 4 members (excludes halogenated alkanes) is 24.